The smallest absolute Gasteiger partial charge is 0.361 e. The molecule has 1 aliphatic heterocycles. The van der Waals surface area contributed by atoms with Gasteiger partial charge < -0.3 is 9.40 Å². The number of aromatic nitrogens is 2. The first-order chi connectivity index (χ1) is 10.8. The molecule has 1 N–H and O–H groups in total. The molecule has 1 aliphatic rings. The van der Waals surface area contributed by atoms with E-state index in [1.54, 1.807) is 18.5 Å². The van der Waals surface area contributed by atoms with Crippen LogP contribution in [-0.4, -0.2) is 9.97 Å². The molecule has 0 saturated heterocycles. The maximum atomic E-state index is 12.0. The minimum atomic E-state index is -0.425. The zero-order chi connectivity index (χ0) is 14.9. The number of oxazole rings is 1. The number of aromatic amines is 1. The second-order valence-corrected chi connectivity index (χ2v) is 4.89. The summed E-state index contributed by atoms with van der Waals surface area (Å²) in [6, 6.07) is 11.4. The Labute approximate surface area is 124 Å². The molecular weight excluding hydrogens is 278 g/mol. The second kappa shape index (κ2) is 4.96. The SMILES string of the molecule is O=c1oc(=C2C=c3ccccc3=N2)[nH]c1=Cc1cccnc1. The van der Waals surface area contributed by atoms with E-state index in [4.69, 9.17) is 4.42 Å². The summed E-state index contributed by atoms with van der Waals surface area (Å²) < 4.78 is 5.28. The van der Waals surface area contributed by atoms with Crippen molar-refractivity contribution < 1.29 is 4.42 Å². The van der Waals surface area contributed by atoms with Crippen LogP contribution in [0.15, 0.2) is 63.0 Å². The summed E-state index contributed by atoms with van der Waals surface area (Å²) >= 11 is 0. The lowest BCUT2D eigenvalue weighted by molar-refractivity contribution is 0.484. The lowest BCUT2D eigenvalue weighted by Crippen LogP contribution is -2.21. The number of fused-ring (bicyclic) bond motifs is 1. The minimum absolute atomic E-state index is 0.358. The van der Waals surface area contributed by atoms with E-state index in [9.17, 15) is 4.79 Å². The largest absolute Gasteiger partial charge is 0.402 e. The van der Waals surface area contributed by atoms with Gasteiger partial charge in [0.05, 0.1) is 5.36 Å². The normalized spacial score (nSPS) is 16.1. The molecule has 0 amide bonds. The van der Waals surface area contributed by atoms with Gasteiger partial charge in [-0.1, -0.05) is 24.3 Å². The molecule has 5 heteroatoms. The average molecular weight is 289 g/mol. The van der Waals surface area contributed by atoms with E-state index in [0.717, 1.165) is 16.1 Å². The number of nitrogens with one attached hydrogen (secondary N) is 1. The molecule has 0 bridgehead atoms. The number of hydrogen-bond donors (Lipinski definition) is 1. The zero-order valence-corrected chi connectivity index (χ0v) is 11.5. The van der Waals surface area contributed by atoms with Gasteiger partial charge in [-0.2, -0.15) is 0 Å². The zero-order valence-electron chi connectivity index (χ0n) is 11.5. The third kappa shape index (κ3) is 2.18. The van der Waals surface area contributed by atoms with Gasteiger partial charge in [-0.15, -0.1) is 0 Å². The number of benzene rings is 1. The lowest BCUT2D eigenvalue weighted by atomic mass is 10.3. The highest BCUT2D eigenvalue weighted by molar-refractivity contribution is 5.75. The van der Waals surface area contributed by atoms with Crippen molar-refractivity contribution in [1.29, 1.82) is 0 Å². The summed E-state index contributed by atoms with van der Waals surface area (Å²) in [7, 11) is 0. The van der Waals surface area contributed by atoms with Crippen molar-refractivity contribution in [3.8, 4) is 0 Å². The van der Waals surface area contributed by atoms with Gasteiger partial charge in [0.1, 0.15) is 11.0 Å². The molecule has 2 aromatic heterocycles. The Bertz CT molecular complexity index is 1100. The van der Waals surface area contributed by atoms with Crippen LogP contribution in [0.25, 0.3) is 17.8 Å². The molecule has 22 heavy (non-hydrogen) atoms. The van der Waals surface area contributed by atoms with Crippen molar-refractivity contribution in [2.24, 2.45) is 4.99 Å². The van der Waals surface area contributed by atoms with E-state index in [1.165, 1.54) is 0 Å². The molecule has 3 aromatic rings. The van der Waals surface area contributed by atoms with Crippen LogP contribution in [-0.2, 0) is 0 Å². The second-order valence-electron chi connectivity index (χ2n) is 4.89. The van der Waals surface area contributed by atoms with Gasteiger partial charge in [-0.05, 0) is 29.8 Å². The quantitative estimate of drug-likeness (QED) is 0.651. The maximum Gasteiger partial charge on any atom is 0.361 e. The van der Waals surface area contributed by atoms with Crippen LogP contribution in [0.5, 0.6) is 0 Å². The molecule has 1 aromatic carbocycles. The fourth-order valence-corrected chi connectivity index (χ4v) is 2.32. The van der Waals surface area contributed by atoms with Crippen molar-refractivity contribution in [2.75, 3.05) is 0 Å². The molecule has 0 aliphatic carbocycles. The van der Waals surface area contributed by atoms with E-state index < -0.39 is 5.63 Å². The predicted octanol–water partition coefficient (Wildman–Crippen LogP) is -0.586. The third-order valence-corrected chi connectivity index (χ3v) is 3.36. The summed E-state index contributed by atoms with van der Waals surface area (Å²) in [6.07, 6.45) is 6.94. The fraction of sp³-hybridized carbons (Fsp3) is 0. The number of rotatable bonds is 1. The first kappa shape index (κ1) is 12.5. The van der Waals surface area contributed by atoms with E-state index in [-0.39, 0.29) is 0 Å². The van der Waals surface area contributed by atoms with E-state index in [0.29, 0.717) is 16.6 Å². The Morgan fingerprint density at radius 2 is 2.05 bits per heavy atom. The van der Waals surface area contributed by atoms with E-state index in [1.807, 2.05) is 42.5 Å². The van der Waals surface area contributed by atoms with Gasteiger partial charge >= 0.3 is 5.63 Å². The van der Waals surface area contributed by atoms with Crippen molar-refractivity contribution in [3.05, 3.63) is 86.2 Å². The van der Waals surface area contributed by atoms with Crippen molar-refractivity contribution in [3.63, 3.8) is 0 Å². The Hall–Kier alpha value is -3.21. The van der Waals surface area contributed by atoms with Gasteiger partial charge in [0.15, 0.2) is 0 Å². The highest BCUT2D eigenvalue weighted by atomic mass is 16.4. The van der Waals surface area contributed by atoms with E-state index >= 15 is 0 Å². The Morgan fingerprint density at radius 3 is 2.86 bits per heavy atom. The molecule has 0 saturated carbocycles. The van der Waals surface area contributed by atoms with Gasteiger partial charge in [-0.3, -0.25) is 4.98 Å². The third-order valence-electron chi connectivity index (χ3n) is 3.36. The number of nitrogens with zero attached hydrogens (tertiary/aromatic N) is 2. The highest BCUT2D eigenvalue weighted by Crippen LogP contribution is 1.98. The summed E-state index contributed by atoms with van der Waals surface area (Å²) in [4.78, 5) is 23.4. The van der Waals surface area contributed by atoms with Gasteiger partial charge in [0.25, 0.3) is 0 Å². The molecule has 4 rings (SSSR count). The van der Waals surface area contributed by atoms with Crippen molar-refractivity contribution >= 4 is 17.8 Å². The molecule has 3 heterocycles. The molecular formula is C17H11N3O2. The Balaban J connectivity index is 1.93. The van der Waals surface area contributed by atoms with Crippen LogP contribution in [0.3, 0.4) is 0 Å². The predicted molar refractivity (Wildman–Crippen MR) is 81.5 cm³/mol. The number of pyridine rings is 1. The monoisotopic (exact) mass is 289 g/mol. The molecule has 106 valence electrons. The topological polar surface area (TPSA) is 71.2 Å². The fourth-order valence-electron chi connectivity index (χ4n) is 2.32. The summed E-state index contributed by atoms with van der Waals surface area (Å²) in [6.45, 7) is 0. The number of H-pyrrole nitrogens is 1. The van der Waals surface area contributed by atoms with Crippen molar-refractivity contribution in [2.45, 2.75) is 0 Å². The summed E-state index contributed by atoms with van der Waals surface area (Å²) in [5, 5.41) is 2.25. The summed E-state index contributed by atoms with van der Waals surface area (Å²) in [5.41, 5.74) is 1.37. The van der Waals surface area contributed by atoms with Gasteiger partial charge in [0.2, 0.25) is 5.55 Å². The molecule has 5 nitrogen and oxygen atoms in total. The van der Waals surface area contributed by atoms with Crippen molar-refractivity contribution in [1.82, 2.24) is 9.97 Å². The van der Waals surface area contributed by atoms with Crippen LogP contribution < -0.4 is 27.1 Å². The number of para-hydroxylation sites is 1. The standard InChI is InChI=1S/C17H11N3O2/c21-17-15(8-11-4-3-7-18-10-11)20-16(22-17)14-9-12-5-1-2-6-13(12)19-14/h1-10,20H. The van der Waals surface area contributed by atoms with E-state index in [2.05, 4.69) is 15.0 Å². The average Bonchev–Trinajstić information content (AvgIpc) is 3.12. The van der Waals surface area contributed by atoms with Crippen LogP contribution in [0.1, 0.15) is 5.56 Å². The van der Waals surface area contributed by atoms with Crippen LogP contribution in [0, 0.1) is 0 Å². The first-order valence-corrected chi connectivity index (χ1v) is 6.80. The van der Waals surface area contributed by atoms with Crippen LogP contribution >= 0.6 is 0 Å². The molecule has 0 spiro atoms. The Morgan fingerprint density at radius 1 is 1.14 bits per heavy atom. The van der Waals surface area contributed by atoms with Gasteiger partial charge in [-0.25, -0.2) is 9.79 Å². The molecule has 0 radical (unpaired) electrons. The molecule has 0 fully saturated rings. The minimum Gasteiger partial charge on any atom is -0.402 e. The molecule has 0 atom stereocenters. The maximum absolute atomic E-state index is 12.0. The van der Waals surface area contributed by atoms with Crippen LogP contribution in [0.2, 0.25) is 0 Å². The lowest BCUT2D eigenvalue weighted by Gasteiger charge is -1.86. The molecule has 0 unspecified atom stereocenters. The first-order valence-electron chi connectivity index (χ1n) is 6.80. The number of hydrogen-bond acceptors (Lipinski definition) is 4. The highest BCUT2D eigenvalue weighted by Gasteiger charge is 2.05. The summed E-state index contributed by atoms with van der Waals surface area (Å²) in [5.74, 6) is 0. The van der Waals surface area contributed by atoms with Gasteiger partial charge in [0, 0.05) is 17.6 Å². The Kier molecular flexibility index (Phi) is 2.83. The van der Waals surface area contributed by atoms with Crippen LogP contribution in [0.4, 0.5) is 0 Å².